The van der Waals surface area contributed by atoms with Gasteiger partial charge in [-0.2, -0.15) is 0 Å². The minimum Gasteiger partial charge on any atom is -0.477 e. The maximum absolute atomic E-state index is 12.3. The van der Waals surface area contributed by atoms with Gasteiger partial charge in [0.05, 0.1) is 30.5 Å². The van der Waals surface area contributed by atoms with Gasteiger partial charge in [0.25, 0.3) is 0 Å². The van der Waals surface area contributed by atoms with Crippen molar-refractivity contribution in [3.8, 4) is 5.88 Å². The third-order valence-corrected chi connectivity index (χ3v) is 3.49. The number of nitrogens with zero attached hydrogens (tertiary/aromatic N) is 1. The second-order valence-corrected chi connectivity index (χ2v) is 5.30. The van der Waals surface area contributed by atoms with E-state index >= 15 is 0 Å². The lowest BCUT2D eigenvalue weighted by Crippen LogP contribution is -2.50. The first-order chi connectivity index (χ1) is 12.5. The van der Waals surface area contributed by atoms with Crippen molar-refractivity contribution in [1.82, 2.24) is 15.6 Å². The minimum absolute atomic E-state index is 0.154. The van der Waals surface area contributed by atoms with E-state index in [2.05, 4.69) is 15.6 Å². The lowest BCUT2D eigenvalue weighted by Gasteiger charge is -2.26. The normalized spacial score (nSPS) is 16.4. The second kappa shape index (κ2) is 8.84. The van der Waals surface area contributed by atoms with Crippen LogP contribution in [0, 0.1) is 0 Å². The Balaban J connectivity index is 2.19. The molecule has 2 rings (SSSR count). The number of carbonyl (C=O) groups excluding carboxylic acids is 3. The van der Waals surface area contributed by atoms with Crippen molar-refractivity contribution in [3.05, 3.63) is 35.2 Å². The molecule has 1 aliphatic heterocycles. The molecule has 9 heteroatoms. The summed E-state index contributed by atoms with van der Waals surface area (Å²) in [5.41, 5.74) is 0.534. The van der Waals surface area contributed by atoms with Crippen molar-refractivity contribution in [3.63, 3.8) is 0 Å². The van der Waals surface area contributed by atoms with Gasteiger partial charge in [0.1, 0.15) is 12.2 Å². The van der Waals surface area contributed by atoms with E-state index in [-0.39, 0.29) is 35.9 Å². The summed E-state index contributed by atoms with van der Waals surface area (Å²) in [6, 6.07) is 2.03. The van der Waals surface area contributed by atoms with Gasteiger partial charge in [-0.1, -0.05) is 0 Å². The molecular weight excluding hydrogens is 342 g/mol. The average molecular weight is 363 g/mol. The van der Waals surface area contributed by atoms with Crippen molar-refractivity contribution in [2.75, 3.05) is 19.8 Å². The van der Waals surface area contributed by atoms with Crippen LogP contribution in [0.4, 0.5) is 4.79 Å². The van der Waals surface area contributed by atoms with E-state index in [9.17, 15) is 14.4 Å². The Labute approximate surface area is 150 Å². The standard InChI is InChI=1S/C17H21N3O6/c1-4-24-14-11(7-6-8-18-14)15(21)26-9-12-13(16(22)25-5-2)10(3)19-17(23)20-12/h6-8,10H,4-5,9H2,1-3H3,(H2,19,20,23)/t10-/m1/s1. The monoisotopic (exact) mass is 363 g/mol. The number of ether oxygens (including phenoxy) is 3. The molecule has 0 aromatic carbocycles. The fraction of sp³-hybridized carbons (Fsp3) is 0.412. The molecule has 0 fully saturated rings. The van der Waals surface area contributed by atoms with Crippen LogP contribution in [0.15, 0.2) is 29.6 Å². The van der Waals surface area contributed by atoms with E-state index in [0.29, 0.717) is 6.61 Å². The van der Waals surface area contributed by atoms with Crippen molar-refractivity contribution >= 4 is 18.0 Å². The van der Waals surface area contributed by atoms with Gasteiger partial charge in [0.2, 0.25) is 5.88 Å². The third-order valence-electron chi connectivity index (χ3n) is 3.49. The SMILES string of the molecule is CCOC(=O)C1=C(COC(=O)c2cccnc2OCC)NC(=O)N[C@@H]1C. The fourth-order valence-electron chi connectivity index (χ4n) is 2.41. The van der Waals surface area contributed by atoms with Crippen molar-refractivity contribution in [2.45, 2.75) is 26.8 Å². The predicted octanol–water partition coefficient (Wildman–Crippen LogP) is 1.16. The van der Waals surface area contributed by atoms with E-state index in [1.165, 1.54) is 12.3 Å². The van der Waals surface area contributed by atoms with Crippen LogP contribution in [0.25, 0.3) is 0 Å². The summed E-state index contributed by atoms with van der Waals surface area (Å²) in [7, 11) is 0. The maximum atomic E-state index is 12.3. The summed E-state index contributed by atoms with van der Waals surface area (Å²) < 4.78 is 15.5. The number of rotatable bonds is 7. The zero-order valence-electron chi connectivity index (χ0n) is 14.8. The Morgan fingerprint density at radius 3 is 2.65 bits per heavy atom. The molecule has 26 heavy (non-hydrogen) atoms. The lowest BCUT2D eigenvalue weighted by atomic mass is 10.0. The number of hydrogen-bond acceptors (Lipinski definition) is 7. The van der Waals surface area contributed by atoms with Crippen LogP contribution in [0.2, 0.25) is 0 Å². The van der Waals surface area contributed by atoms with Gasteiger partial charge in [0, 0.05) is 6.20 Å². The number of pyridine rings is 1. The molecule has 0 saturated carbocycles. The Morgan fingerprint density at radius 2 is 1.96 bits per heavy atom. The molecule has 1 aromatic rings. The summed E-state index contributed by atoms with van der Waals surface area (Å²) in [5, 5.41) is 5.05. The van der Waals surface area contributed by atoms with Crippen LogP contribution >= 0.6 is 0 Å². The zero-order chi connectivity index (χ0) is 19.1. The highest BCUT2D eigenvalue weighted by atomic mass is 16.5. The van der Waals surface area contributed by atoms with Crippen molar-refractivity contribution in [1.29, 1.82) is 0 Å². The third kappa shape index (κ3) is 4.50. The molecule has 2 heterocycles. The number of nitrogens with one attached hydrogen (secondary N) is 2. The van der Waals surface area contributed by atoms with Crippen LogP contribution in [-0.4, -0.2) is 48.8 Å². The molecule has 2 amide bonds. The number of hydrogen-bond donors (Lipinski definition) is 2. The highest BCUT2D eigenvalue weighted by molar-refractivity contribution is 5.95. The molecule has 1 aliphatic rings. The van der Waals surface area contributed by atoms with E-state index in [0.717, 1.165) is 0 Å². The average Bonchev–Trinajstić information content (AvgIpc) is 2.60. The molecule has 1 atom stereocenters. The number of urea groups is 1. The fourth-order valence-corrected chi connectivity index (χ4v) is 2.41. The van der Waals surface area contributed by atoms with Gasteiger partial charge < -0.3 is 24.8 Å². The molecule has 1 aromatic heterocycles. The Kier molecular flexibility index (Phi) is 6.54. The van der Waals surface area contributed by atoms with Crippen molar-refractivity contribution in [2.24, 2.45) is 0 Å². The summed E-state index contributed by atoms with van der Waals surface area (Å²) in [6.45, 7) is 5.31. The van der Waals surface area contributed by atoms with Crippen LogP contribution in [0.5, 0.6) is 5.88 Å². The number of carbonyl (C=O) groups is 3. The maximum Gasteiger partial charge on any atom is 0.344 e. The molecule has 0 bridgehead atoms. The van der Waals surface area contributed by atoms with Gasteiger partial charge in [-0.05, 0) is 32.9 Å². The number of amides is 2. The lowest BCUT2D eigenvalue weighted by molar-refractivity contribution is -0.139. The topological polar surface area (TPSA) is 116 Å². The highest BCUT2D eigenvalue weighted by Crippen LogP contribution is 2.18. The Hall–Kier alpha value is -3.10. The Bertz CT molecular complexity index is 731. The van der Waals surface area contributed by atoms with Crippen LogP contribution in [0.3, 0.4) is 0 Å². The van der Waals surface area contributed by atoms with Gasteiger partial charge in [0.15, 0.2) is 0 Å². The molecule has 9 nitrogen and oxygen atoms in total. The minimum atomic E-state index is -0.683. The van der Waals surface area contributed by atoms with E-state index in [1.54, 1.807) is 26.8 Å². The first-order valence-electron chi connectivity index (χ1n) is 8.20. The first kappa shape index (κ1) is 19.2. The molecule has 0 unspecified atom stereocenters. The quantitative estimate of drug-likeness (QED) is 0.698. The van der Waals surface area contributed by atoms with Crippen LogP contribution in [0.1, 0.15) is 31.1 Å². The summed E-state index contributed by atoms with van der Waals surface area (Å²) in [4.78, 5) is 40.1. The van der Waals surface area contributed by atoms with Gasteiger partial charge in [-0.25, -0.2) is 19.4 Å². The molecule has 0 spiro atoms. The summed E-state index contributed by atoms with van der Waals surface area (Å²) >= 11 is 0. The van der Waals surface area contributed by atoms with Crippen LogP contribution < -0.4 is 15.4 Å². The predicted molar refractivity (Wildman–Crippen MR) is 90.5 cm³/mol. The second-order valence-electron chi connectivity index (χ2n) is 5.30. The van der Waals surface area contributed by atoms with E-state index < -0.39 is 24.0 Å². The van der Waals surface area contributed by atoms with E-state index in [1.807, 2.05) is 0 Å². The Morgan fingerprint density at radius 1 is 1.19 bits per heavy atom. The number of esters is 2. The largest absolute Gasteiger partial charge is 0.477 e. The van der Waals surface area contributed by atoms with Crippen molar-refractivity contribution < 1.29 is 28.6 Å². The number of aromatic nitrogens is 1. The van der Waals surface area contributed by atoms with Gasteiger partial charge in [-0.3, -0.25) is 0 Å². The molecule has 0 saturated heterocycles. The van der Waals surface area contributed by atoms with Crippen LogP contribution in [-0.2, 0) is 14.3 Å². The molecular formula is C17H21N3O6. The summed E-state index contributed by atoms with van der Waals surface area (Å²) in [6.07, 6.45) is 1.50. The highest BCUT2D eigenvalue weighted by Gasteiger charge is 2.30. The summed E-state index contributed by atoms with van der Waals surface area (Å²) in [5.74, 6) is -1.12. The molecule has 0 radical (unpaired) electrons. The molecule has 2 N–H and O–H groups in total. The first-order valence-corrected chi connectivity index (χ1v) is 8.20. The smallest absolute Gasteiger partial charge is 0.344 e. The molecule has 140 valence electrons. The van der Waals surface area contributed by atoms with Gasteiger partial charge >= 0.3 is 18.0 Å². The molecule has 0 aliphatic carbocycles. The van der Waals surface area contributed by atoms with Gasteiger partial charge in [-0.15, -0.1) is 0 Å². The zero-order valence-corrected chi connectivity index (χ0v) is 14.8. The van der Waals surface area contributed by atoms with E-state index in [4.69, 9.17) is 14.2 Å².